The Morgan fingerprint density at radius 3 is 2.44 bits per heavy atom. The van der Waals surface area contributed by atoms with E-state index in [2.05, 4.69) is 12.6 Å². The summed E-state index contributed by atoms with van der Waals surface area (Å²) in [7, 11) is 3.06. The lowest BCUT2D eigenvalue weighted by Gasteiger charge is -2.11. The van der Waals surface area contributed by atoms with E-state index in [4.69, 9.17) is 21.1 Å². The quantitative estimate of drug-likeness (QED) is 0.826. The van der Waals surface area contributed by atoms with Crippen molar-refractivity contribution in [2.45, 2.75) is 6.42 Å². The summed E-state index contributed by atoms with van der Waals surface area (Å²) in [5, 5.41) is 0.460. The molecule has 0 saturated carbocycles. The number of hydrogen-bond acceptors (Lipinski definition) is 4. The van der Waals surface area contributed by atoms with Crippen LogP contribution < -0.4 is 9.47 Å². The Bertz CT molecular complexity index is 393. The van der Waals surface area contributed by atoms with Crippen LogP contribution in [0.3, 0.4) is 0 Å². The molecule has 0 heterocycles. The van der Waals surface area contributed by atoms with Gasteiger partial charge in [-0.15, -0.1) is 0 Å². The molecule has 1 rings (SSSR count). The second kappa shape index (κ2) is 6.01. The molecule has 0 aliphatic heterocycles. The first-order valence-electron chi connectivity index (χ1n) is 4.65. The normalized spacial score (nSPS) is 10.0. The van der Waals surface area contributed by atoms with Gasteiger partial charge in [0, 0.05) is 23.8 Å². The highest BCUT2D eigenvalue weighted by Gasteiger charge is 2.12. The first-order valence-corrected chi connectivity index (χ1v) is 5.66. The van der Waals surface area contributed by atoms with Crippen molar-refractivity contribution in [1.29, 1.82) is 0 Å². The van der Waals surface area contributed by atoms with Crippen LogP contribution >= 0.6 is 24.2 Å². The van der Waals surface area contributed by atoms with E-state index in [-0.39, 0.29) is 18.0 Å². The number of ether oxygens (including phenoxy) is 2. The van der Waals surface area contributed by atoms with Crippen molar-refractivity contribution < 1.29 is 14.3 Å². The number of carbonyl (C=O) groups is 1. The van der Waals surface area contributed by atoms with Crippen LogP contribution in [-0.2, 0) is 11.2 Å². The molecule has 16 heavy (non-hydrogen) atoms. The van der Waals surface area contributed by atoms with Crippen molar-refractivity contribution in [1.82, 2.24) is 0 Å². The van der Waals surface area contributed by atoms with Crippen LogP contribution in [-0.4, -0.2) is 25.8 Å². The zero-order valence-electron chi connectivity index (χ0n) is 9.12. The van der Waals surface area contributed by atoms with E-state index in [1.54, 1.807) is 12.1 Å². The van der Waals surface area contributed by atoms with E-state index < -0.39 is 0 Å². The van der Waals surface area contributed by atoms with Crippen molar-refractivity contribution >= 4 is 30.0 Å². The highest BCUT2D eigenvalue weighted by atomic mass is 35.5. The summed E-state index contributed by atoms with van der Waals surface area (Å²) < 4.78 is 10.2. The van der Waals surface area contributed by atoms with Crippen LogP contribution in [0.4, 0.5) is 0 Å². The first kappa shape index (κ1) is 13.2. The summed E-state index contributed by atoms with van der Waals surface area (Å²) in [4.78, 5) is 11.3. The molecule has 88 valence electrons. The number of thiol groups is 1. The van der Waals surface area contributed by atoms with Gasteiger partial charge in [-0.1, -0.05) is 11.6 Å². The van der Waals surface area contributed by atoms with Gasteiger partial charge in [-0.3, -0.25) is 4.79 Å². The van der Waals surface area contributed by atoms with Crippen LogP contribution in [0.5, 0.6) is 11.5 Å². The molecule has 0 atom stereocenters. The maximum atomic E-state index is 11.3. The van der Waals surface area contributed by atoms with Crippen LogP contribution in [0, 0.1) is 0 Å². The third-order valence-corrected chi connectivity index (χ3v) is 2.77. The second-order valence-electron chi connectivity index (χ2n) is 3.17. The number of halogens is 1. The van der Waals surface area contributed by atoms with Gasteiger partial charge in [0.1, 0.15) is 17.3 Å². The number of hydrogen-bond donors (Lipinski definition) is 1. The Morgan fingerprint density at radius 1 is 1.31 bits per heavy atom. The Balaban J connectivity index is 3.09. The first-order chi connectivity index (χ1) is 7.62. The smallest absolute Gasteiger partial charge is 0.146 e. The monoisotopic (exact) mass is 260 g/mol. The molecule has 0 fully saturated rings. The number of methoxy groups -OCH3 is 2. The van der Waals surface area contributed by atoms with Crippen LogP contribution in [0.2, 0.25) is 5.02 Å². The third-order valence-electron chi connectivity index (χ3n) is 2.12. The summed E-state index contributed by atoms with van der Waals surface area (Å²) in [6, 6.07) is 3.35. The zero-order valence-corrected chi connectivity index (χ0v) is 10.8. The minimum atomic E-state index is 0.0195. The topological polar surface area (TPSA) is 35.5 Å². The SMILES string of the molecule is COc1cc(CC(=O)CS)c(OC)cc1Cl. The van der Waals surface area contributed by atoms with Gasteiger partial charge in [-0.25, -0.2) is 0 Å². The van der Waals surface area contributed by atoms with E-state index in [1.807, 2.05) is 0 Å². The average molecular weight is 261 g/mol. The van der Waals surface area contributed by atoms with Gasteiger partial charge >= 0.3 is 0 Å². The largest absolute Gasteiger partial charge is 0.496 e. The van der Waals surface area contributed by atoms with Crippen LogP contribution in [0.25, 0.3) is 0 Å². The maximum Gasteiger partial charge on any atom is 0.146 e. The lowest BCUT2D eigenvalue weighted by atomic mass is 10.1. The summed E-state index contributed by atoms with van der Waals surface area (Å²) in [6.07, 6.45) is 0.264. The molecule has 0 aliphatic rings. The highest BCUT2D eigenvalue weighted by molar-refractivity contribution is 7.81. The Hall–Kier alpha value is -0.870. The Morgan fingerprint density at radius 2 is 1.94 bits per heavy atom. The number of Topliss-reactive ketones (excluding diaryl/α,β-unsaturated/α-hetero) is 1. The standard InChI is InChI=1S/C11H13ClO3S/c1-14-10-5-9(12)11(15-2)4-7(10)3-8(13)6-16/h4-5,16H,3,6H2,1-2H3. The van der Waals surface area contributed by atoms with E-state index in [1.165, 1.54) is 14.2 Å². The van der Waals surface area contributed by atoms with Gasteiger partial charge in [0.25, 0.3) is 0 Å². The van der Waals surface area contributed by atoms with Gasteiger partial charge in [0.15, 0.2) is 0 Å². The summed E-state index contributed by atoms with van der Waals surface area (Å²) in [6.45, 7) is 0. The summed E-state index contributed by atoms with van der Waals surface area (Å²) in [5.41, 5.74) is 0.753. The lowest BCUT2D eigenvalue weighted by molar-refractivity contribution is -0.116. The van der Waals surface area contributed by atoms with Gasteiger partial charge in [0.2, 0.25) is 0 Å². The predicted octanol–water partition coefficient (Wildman–Crippen LogP) is 2.40. The van der Waals surface area contributed by atoms with Crippen molar-refractivity contribution in [2.75, 3.05) is 20.0 Å². The fourth-order valence-corrected chi connectivity index (χ4v) is 1.67. The van der Waals surface area contributed by atoms with E-state index in [0.29, 0.717) is 16.5 Å². The summed E-state index contributed by atoms with van der Waals surface area (Å²) in [5.74, 6) is 1.34. The molecule has 0 saturated heterocycles. The molecule has 0 bridgehead atoms. The molecule has 0 N–H and O–H groups in total. The predicted molar refractivity (Wildman–Crippen MR) is 67.1 cm³/mol. The van der Waals surface area contributed by atoms with Crippen molar-refractivity contribution in [3.63, 3.8) is 0 Å². The van der Waals surface area contributed by atoms with E-state index in [0.717, 1.165) is 5.56 Å². The molecule has 3 nitrogen and oxygen atoms in total. The minimum absolute atomic E-state index is 0.0195. The molecular weight excluding hydrogens is 248 g/mol. The lowest BCUT2D eigenvalue weighted by Crippen LogP contribution is -2.05. The number of benzene rings is 1. The molecule has 0 amide bonds. The van der Waals surface area contributed by atoms with Gasteiger partial charge < -0.3 is 9.47 Å². The Kier molecular flexibility index (Phi) is 4.96. The highest BCUT2D eigenvalue weighted by Crippen LogP contribution is 2.32. The van der Waals surface area contributed by atoms with Gasteiger partial charge in [-0.2, -0.15) is 12.6 Å². The van der Waals surface area contributed by atoms with Crippen LogP contribution in [0.15, 0.2) is 12.1 Å². The summed E-state index contributed by atoms with van der Waals surface area (Å²) >= 11 is 9.88. The number of rotatable bonds is 5. The van der Waals surface area contributed by atoms with Crippen molar-refractivity contribution in [3.05, 3.63) is 22.7 Å². The van der Waals surface area contributed by atoms with Gasteiger partial charge in [-0.05, 0) is 6.07 Å². The molecular formula is C11H13ClO3S. The third kappa shape index (κ3) is 3.06. The van der Waals surface area contributed by atoms with Gasteiger partial charge in [0.05, 0.1) is 19.2 Å². The molecule has 0 radical (unpaired) electrons. The van der Waals surface area contributed by atoms with E-state index >= 15 is 0 Å². The molecule has 0 spiro atoms. The fraction of sp³-hybridized carbons (Fsp3) is 0.364. The molecule has 0 aliphatic carbocycles. The molecule has 1 aromatic carbocycles. The maximum absolute atomic E-state index is 11.3. The van der Waals surface area contributed by atoms with Crippen molar-refractivity contribution in [3.8, 4) is 11.5 Å². The zero-order chi connectivity index (χ0) is 12.1. The number of ketones is 1. The molecule has 5 heteroatoms. The fourth-order valence-electron chi connectivity index (χ4n) is 1.33. The minimum Gasteiger partial charge on any atom is -0.496 e. The average Bonchev–Trinajstić information content (AvgIpc) is 2.30. The molecule has 0 unspecified atom stereocenters. The van der Waals surface area contributed by atoms with Crippen molar-refractivity contribution in [2.24, 2.45) is 0 Å². The van der Waals surface area contributed by atoms with E-state index in [9.17, 15) is 4.79 Å². The Labute approximate surface area is 105 Å². The van der Waals surface area contributed by atoms with Crippen LogP contribution in [0.1, 0.15) is 5.56 Å². The number of carbonyl (C=O) groups excluding carboxylic acids is 1. The second-order valence-corrected chi connectivity index (χ2v) is 3.90. The molecule has 0 aromatic heterocycles. The molecule has 1 aromatic rings.